The van der Waals surface area contributed by atoms with Gasteiger partial charge in [0.25, 0.3) is 0 Å². The fourth-order valence-corrected chi connectivity index (χ4v) is 2.11. The van der Waals surface area contributed by atoms with Crippen LogP contribution in [-0.2, 0) is 14.3 Å². The van der Waals surface area contributed by atoms with Crippen molar-refractivity contribution in [3.63, 3.8) is 0 Å². The lowest BCUT2D eigenvalue weighted by atomic mass is 10.2. The SMILES string of the molecule is CC(CSc1ccccc1)C(=O)OCCN=C=O. The second kappa shape index (κ2) is 8.50. The van der Waals surface area contributed by atoms with E-state index in [-0.39, 0.29) is 25.0 Å². The van der Waals surface area contributed by atoms with Gasteiger partial charge in [-0.15, -0.1) is 11.8 Å². The minimum absolute atomic E-state index is 0.133. The Morgan fingerprint density at radius 3 is 2.83 bits per heavy atom. The molecule has 0 radical (unpaired) electrons. The maximum atomic E-state index is 11.6. The second-order valence-electron chi connectivity index (χ2n) is 3.67. The number of carbonyl (C=O) groups excluding carboxylic acids is 2. The molecule has 0 saturated heterocycles. The zero-order valence-corrected chi connectivity index (χ0v) is 11.0. The Bertz CT molecular complexity index is 416. The highest BCUT2D eigenvalue weighted by molar-refractivity contribution is 7.99. The fraction of sp³-hybridized carbons (Fsp3) is 0.385. The van der Waals surface area contributed by atoms with Crippen LogP contribution in [0, 0.1) is 5.92 Å². The number of aliphatic imine (C=N–C) groups is 1. The number of hydrogen-bond donors (Lipinski definition) is 0. The van der Waals surface area contributed by atoms with Crippen molar-refractivity contribution >= 4 is 23.8 Å². The maximum Gasteiger partial charge on any atom is 0.309 e. The van der Waals surface area contributed by atoms with Gasteiger partial charge in [-0.2, -0.15) is 0 Å². The van der Waals surface area contributed by atoms with Crippen LogP contribution in [0.4, 0.5) is 0 Å². The number of nitrogens with zero attached hydrogens (tertiary/aromatic N) is 1. The first-order valence-electron chi connectivity index (χ1n) is 5.62. The van der Waals surface area contributed by atoms with E-state index in [9.17, 15) is 9.59 Å². The Kier molecular flexibility index (Phi) is 6.84. The van der Waals surface area contributed by atoms with E-state index in [1.165, 1.54) is 6.08 Å². The van der Waals surface area contributed by atoms with E-state index in [1.54, 1.807) is 11.8 Å². The standard InChI is InChI=1S/C13H15NO3S/c1-11(13(16)17-8-7-14-10-15)9-18-12-5-3-2-4-6-12/h2-6,11H,7-9H2,1H3. The van der Waals surface area contributed by atoms with Gasteiger partial charge in [0.1, 0.15) is 6.61 Å². The van der Waals surface area contributed by atoms with Crippen molar-refractivity contribution in [2.24, 2.45) is 10.9 Å². The highest BCUT2D eigenvalue weighted by atomic mass is 32.2. The Morgan fingerprint density at radius 1 is 1.44 bits per heavy atom. The van der Waals surface area contributed by atoms with Crippen LogP contribution in [0.25, 0.3) is 0 Å². The molecule has 0 saturated carbocycles. The number of thioether (sulfide) groups is 1. The molecule has 5 heteroatoms. The molecule has 0 spiro atoms. The zero-order chi connectivity index (χ0) is 13.2. The summed E-state index contributed by atoms with van der Waals surface area (Å²) in [5, 5.41) is 0. The van der Waals surface area contributed by atoms with E-state index in [1.807, 2.05) is 37.3 Å². The van der Waals surface area contributed by atoms with Gasteiger partial charge in [0.2, 0.25) is 6.08 Å². The topological polar surface area (TPSA) is 55.7 Å². The molecule has 1 aromatic rings. The zero-order valence-electron chi connectivity index (χ0n) is 10.2. The number of ether oxygens (including phenoxy) is 1. The quantitative estimate of drug-likeness (QED) is 0.249. The minimum atomic E-state index is -0.264. The first-order valence-corrected chi connectivity index (χ1v) is 6.60. The molecule has 0 N–H and O–H groups in total. The molecule has 0 aliphatic rings. The summed E-state index contributed by atoms with van der Waals surface area (Å²) in [5.74, 6) is 0.217. The van der Waals surface area contributed by atoms with Gasteiger partial charge in [-0.3, -0.25) is 4.79 Å². The molecular formula is C13H15NO3S. The predicted molar refractivity (Wildman–Crippen MR) is 70.3 cm³/mol. The van der Waals surface area contributed by atoms with E-state index in [0.29, 0.717) is 5.75 Å². The summed E-state index contributed by atoms with van der Waals surface area (Å²) >= 11 is 1.61. The summed E-state index contributed by atoms with van der Waals surface area (Å²) in [5.41, 5.74) is 0. The summed E-state index contributed by atoms with van der Waals surface area (Å²) in [6.07, 6.45) is 1.40. The lowest BCUT2D eigenvalue weighted by molar-refractivity contribution is -0.146. The van der Waals surface area contributed by atoms with Crippen molar-refractivity contribution in [3.05, 3.63) is 30.3 Å². The van der Waals surface area contributed by atoms with Crippen LogP contribution in [0.2, 0.25) is 0 Å². The van der Waals surface area contributed by atoms with Crippen molar-refractivity contribution in [1.29, 1.82) is 0 Å². The number of esters is 1. The molecule has 1 aromatic carbocycles. The fourth-order valence-electron chi connectivity index (χ4n) is 1.19. The number of benzene rings is 1. The lowest BCUT2D eigenvalue weighted by Gasteiger charge is -2.10. The van der Waals surface area contributed by atoms with E-state index < -0.39 is 0 Å². The normalized spacial score (nSPS) is 11.4. The third kappa shape index (κ3) is 5.66. The van der Waals surface area contributed by atoms with Gasteiger partial charge in [0.15, 0.2) is 0 Å². The van der Waals surface area contributed by atoms with Crippen LogP contribution >= 0.6 is 11.8 Å². The monoisotopic (exact) mass is 265 g/mol. The number of isocyanates is 1. The molecule has 0 aliphatic carbocycles. The lowest BCUT2D eigenvalue weighted by Crippen LogP contribution is -2.18. The Morgan fingerprint density at radius 2 is 2.17 bits per heavy atom. The van der Waals surface area contributed by atoms with Gasteiger partial charge in [0.05, 0.1) is 12.5 Å². The summed E-state index contributed by atoms with van der Waals surface area (Å²) < 4.78 is 4.97. The van der Waals surface area contributed by atoms with Crippen molar-refractivity contribution in [2.45, 2.75) is 11.8 Å². The number of carbonyl (C=O) groups is 1. The van der Waals surface area contributed by atoms with E-state index in [2.05, 4.69) is 4.99 Å². The van der Waals surface area contributed by atoms with Gasteiger partial charge in [0, 0.05) is 10.6 Å². The molecule has 96 valence electrons. The van der Waals surface area contributed by atoms with Crippen molar-refractivity contribution in [2.75, 3.05) is 18.9 Å². The molecule has 1 atom stereocenters. The molecule has 0 bridgehead atoms. The van der Waals surface area contributed by atoms with Crippen LogP contribution in [0.1, 0.15) is 6.92 Å². The highest BCUT2D eigenvalue weighted by Gasteiger charge is 2.14. The van der Waals surface area contributed by atoms with Crippen molar-refractivity contribution < 1.29 is 14.3 Å². The maximum absolute atomic E-state index is 11.6. The molecule has 18 heavy (non-hydrogen) atoms. The van der Waals surface area contributed by atoms with Crippen molar-refractivity contribution in [1.82, 2.24) is 0 Å². The van der Waals surface area contributed by atoms with E-state index in [4.69, 9.17) is 4.74 Å². The van der Waals surface area contributed by atoms with Gasteiger partial charge in [-0.25, -0.2) is 9.79 Å². The first kappa shape index (κ1) is 14.5. The van der Waals surface area contributed by atoms with Crippen LogP contribution in [0.15, 0.2) is 40.2 Å². The molecule has 0 aromatic heterocycles. The van der Waals surface area contributed by atoms with Crippen LogP contribution in [0.3, 0.4) is 0 Å². The Labute approximate surface area is 110 Å². The Balaban J connectivity index is 2.25. The molecule has 0 heterocycles. The Hall–Kier alpha value is -1.58. The molecule has 0 fully saturated rings. The molecule has 0 aliphatic heterocycles. The minimum Gasteiger partial charge on any atom is -0.463 e. The summed E-state index contributed by atoms with van der Waals surface area (Å²) in [4.78, 5) is 25.8. The molecule has 1 rings (SSSR count). The summed E-state index contributed by atoms with van der Waals surface area (Å²) in [6, 6.07) is 9.88. The van der Waals surface area contributed by atoms with Gasteiger partial charge in [-0.05, 0) is 12.1 Å². The predicted octanol–water partition coefficient (Wildman–Crippen LogP) is 2.29. The van der Waals surface area contributed by atoms with Gasteiger partial charge in [-0.1, -0.05) is 25.1 Å². The van der Waals surface area contributed by atoms with E-state index >= 15 is 0 Å². The van der Waals surface area contributed by atoms with Gasteiger partial charge >= 0.3 is 5.97 Å². The molecular weight excluding hydrogens is 250 g/mol. The molecule has 0 amide bonds. The number of hydrogen-bond acceptors (Lipinski definition) is 5. The number of rotatable bonds is 7. The second-order valence-corrected chi connectivity index (χ2v) is 4.76. The summed E-state index contributed by atoms with van der Waals surface area (Å²) in [6.45, 7) is 2.13. The van der Waals surface area contributed by atoms with Gasteiger partial charge < -0.3 is 4.74 Å². The smallest absolute Gasteiger partial charge is 0.309 e. The molecule has 1 unspecified atom stereocenters. The average molecular weight is 265 g/mol. The van der Waals surface area contributed by atoms with Crippen LogP contribution < -0.4 is 0 Å². The average Bonchev–Trinajstić information content (AvgIpc) is 2.42. The summed E-state index contributed by atoms with van der Waals surface area (Å²) in [7, 11) is 0. The van der Waals surface area contributed by atoms with Crippen LogP contribution in [-0.4, -0.2) is 31.0 Å². The third-order valence-electron chi connectivity index (χ3n) is 2.16. The van der Waals surface area contributed by atoms with E-state index in [0.717, 1.165) is 4.90 Å². The van der Waals surface area contributed by atoms with Crippen LogP contribution in [0.5, 0.6) is 0 Å². The molecule has 4 nitrogen and oxygen atoms in total. The third-order valence-corrected chi connectivity index (χ3v) is 3.43. The highest BCUT2D eigenvalue weighted by Crippen LogP contribution is 2.20. The van der Waals surface area contributed by atoms with Crippen molar-refractivity contribution in [3.8, 4) is 0 Å². The largest absolute Gasteiger partial charge is 0.463 e. The first-order chi connectivity index (χ1) is 8.74.